The number of rotatable bonds is 7. The van der Waals surface area contributed by atoms with E-state index in [0.717, 1.165) is 37.9 Å². The van der Waals surface area contributed by atoms with Crippen molar-refractivity contribution >= 4 is 38.4 Å². The first-order chi connectivity index (χ1) is 16.9. The van der Waals surface area contributed by atoms with Crippen LogP contribution in [0.25, 0.3) is 11.0 Å². The lowest BCUT2D eigenvalue weighted by atomic mass is 9.90. The fourth-order valence-electron chi connectivity index (χ4n) is 4.25. The van der Waals surface area contributed by atoms with Crippen molar-refractivity contribution in [1.29, 1.82) is 0 Å². The van der Waals surface area contributed by atoms with Crippen LogP contribution in [0.3, 0.4) is 0 Å². The number of hydrogen-bond donors (Lipinski definition) is 4. The fourth-order valence-corrected chi connectivity index (χ4v) is 5.24. The molecule has 5 rings (SSSR count). The maximum atomic E-state index is 13.0. The fraction of sp³-hybridized carbons (Fsp3) is 0.292. The van der Waals surface area contributed by atoms with Gasteiger partial charge in [-0.05, 0) is 62.0 Å². The van der Waals surface area contributed by atoms with Crippen molar-refractivity contribution < 1.29 is 13.5 Å². The quantitative estimate of drug-likeness (QED) is 0.308. The number of nitrogens with one attached hydrogen (secondary N) is 3. The number of sulfonamides is 1. The summed E-state index contributed by atoms with van der Waals surface area (Å²) in [6.07, 6.45) is 5.81. The number of nitrogens with zero attached hydrogens (tertiary/aromatic N) is 4. The number of aryl methyl sites for hydroxylation is 1. The van der Waals surface area contributed by atoms with Gasteiger partial charge in [0.05, 0.1) is 17.4 Å². The molecule has 0 unspecified atom stereocenters. The van der Waals surface area contributed by atoms with Crippen molar-refractivity contribution in [3.63, 3.8) is 0 Å². The lowest BCUT2D eigenvalue weighted by molar-refractivity contribution is 0.373. The van der Waals surface area contributed by atoms with E-state index in [1.54, 1.807) is 29.8 Å². The third-order valence-corrected chi connectivity index (χ3v) is 7.30. The highest BCUT2D eigenvalue weighted by Gasteiger charge is 2.22. The summed E-state index contributed by atoms with van der Waals surface area (Å²) < 4.78 is 30.1. The molecule has 0 bridgehead atoms. The van der Waals surface area contributed by atoms with Crippen LogP contribution in [0.5, 0.6) is 5.75 Å². The van der Waals surface area contributed by atoms with Gasteiger partial charge in [-0.1, -0.05) is 18.2 Å². The van der Waals surface area contributed by atoms with E-state index >= 15 is 0 Å². The molecular weight excluding hydrogens is 466 g/mol. The van der Waals surface area contributed by atoms with Gasteiger partial charge in [0, 0.05) is 25.0 Å². The molecule has 1 aliphatic rings. The van der Waals surface area contributed by atoms with Gasteiger partial charge in [0.15, 0.2) is 16.7 Å². The van der Waals surface area contributed by atoms with E-state index in [1.165, 1.54) is 12.5 Å². The van der Waals surface area contributed by atoms with Gasteiger partial charge in [-0.15, -0.1) is 0 Å². The van der Waals surface area contributed by atoms with Crippen LogP contribution >= 0.6 is 0 Å². The molecule has 0 spiro atoms. The van der Waals surface area contributed by atoms with E-state index in [1.807, 2.05) is 24.3 Å². The van der Waals surface area contributed by atoms with Crippen LogP contribution in [0.2, 0.25) is 0 Å². The van der Waals surface area contributed by atoms with Crippen molar-refractivity contribution in [2.75, 3.05) is 23.1 Å². The van der Waals surface area contributed by atoms with E-state index in [4.69, 9.17) is 0 Å². The van der Waals surface area contributed by atoms with Crippen LogP contribution in [0.4, 0.5) is 17.3 Å². The monoisotopic (exact) mass is 493 g/mol. The molecule has 2 aromatic carbocycles. The van der Waals surface area contributed by atoms with Gasteiger partial charge in [-0.25, -0.2) is 15.0 Å². The van der Waals surface area contributed by atoms with Crippen LogP contribution < -0.4 is 15.4 Å². The van der Waals surface area contributed by atoms with Crippen molar-refractivity contribution in [3.8, 4) is 5.75 Å². The number of imidazole rings is 1. The normalized spacial score (nSPS) is 14.8. The maximum absolute atomic E-state index is 13.0. The number of para-hydroxylation sites is 2. The minimum Gasteiger partial charge on any atom is -0.508 e. The van der Waals surface area contributed by atoms with E-state index < -0.39 is 10.0 Å². The van der Waals surface area contributed by atoms with Crippen molar-refractivity contribution in [1.82, 2.24) is 24.8 Å². The molecule has 4 N–H and O–H groups in total. The molecule has 10 nitrogen and oxygen atoms in total. The summed E-state index contributed by atoms with van der Waals surface area (Å²) in [5.74, 6) is 0.906. The molecule has 0 saturated carbocycles. The van der Waals surface area contributed by atoms with Gasteiger partial charge < -0.3 is 20.3 Å². The topological polar surface area (TPSA) is 134 Å². The maximum Gasteiger partial charge on any atom is 0.282 e. The average molecular weight is 494 g/mol. The van der Waals surface area contributed by atoms with E-state index in [0.29, 0.717) is 22.6 Å². The molecular formula is C24H27N7O3S. The summed E-state index contributed by atoms with van der Waals surface area (Å²) in [6.45, 7) is 1.97. The number of benzene rings is 2. The zero-order valence-electron chi connectivity index (χ0n) is 19.3. The van der Waals surface area contributed by atoms with Crippen molar-refractivity contribution in [2.24, 2.45) is 13.0 Å². The van der Waals surface area contributed by atoms with Gasteiger partial charge in [0.25, 0.3) is 10.0 Å². The Morgan fingerprint density at radius 2 is 1.80 bits per heavy atom. The molecule has 0 atom stereocenters. The number of piperidine rings is 1. The first-order valence-electron chi connectivity index (χ1n) is 11.4. The SMILES string of the molecule is Cn1cnc(S(=O)(=O)Nc2nc3ccccc3nc2Nc2cc(O)ccc2CC2CCNCC2)c1. The Labute approximate surface area is 203 Å². The Kier molecular flexibility index (Phi) is 6.27. The second-order valence-corrected chi connectivity index (χ2v) is 10.4. The zero-order valence-corrected chi connectivity index (χ0v) is 20.1. The van der Waals surface area contributed by atoms with E-state index in [2.05, 4.69) is 30.3 Å². The molecule has 1 aliphatic heterocycles. The minimum atomic E-state index is -4.00. The summed E-state index contributed by atoms with van der Waals surface area (Å²) >= 11 is 0. The zero-order chi connectivity index (χ0) is 24.4. The third kappa shape index (κ3) is 5.20. The number of phenols is 1. The number of anilines is 3. The van der Waals surface area contributed by atoms with E-state index in [-0.39, 0.29) is 22.4 Å². The predicted molar refractivity (Wildman–Crippen MR) is 134 cm³/mol. The largest absolute Gasteiger partial charge is 0.508 e. The number of fused-ring (bicyclic) bond motifs is 1. The van der Waals surface area contributed by atoms with Crippen LogP contribution in [0, 0.1) is 5.92 Å². The average Bonchev–Trinajstić information content (AvgIpc) is 3.29. The molecule has 3 heterocycles. The number of phenolic OH excluding ortho intramolecular Hbond substituents is 1. The van der Waals surface area contributed by atoms with Crippen molar-refractivity contribution in [3.05, 3.63) is 60.6 Å². The Morgan fingerprint density at radius 3 is 2.49 bits per heavy atom. The Morgan fingerprint density at radius 1 is 1.09 bits per heavy atom. The van der Waals surface area contributed by atoms with Crippen LogP contribution in [-0.2, 0) is 23.5 Å². The molecule has 0 radical (unpaired) electrons. The molecule has 182 valence electrons. The Bertz CT molecular complexity index is 1460. The van der Waals surface area contributed by atoms with Gasteiger partial charge >= 0.3 is 0 Å². The van der Waals surface area contributed by atoms with Crippen molar-refractivity contribution in [2.45, 2.75) is 24.3 Å². The standard InChI is InChI=1S/C24H27N7O3S/c1-31-14-22(26-15-31)35(33,34)30-24-23(27-19-4-2-3-5-20(19)28-24)29-21-13-18(32)7-6-17(21)12-16-8-10-25-11-9-16/h2-7,13-16,25,32H,8-12H2,1H3,(H,27,29)(H,28,30). The van der Waals surface area contributed by atoms with Gasteiger partial charge in [0.1, 0.15) is 5.75 Å². The van der Waals surface area contributed by atoms with Crippen LogP contribution in [-0.4, -0.2) is 46.1 Å². The summed E-state index contributed by atoms with van der Waals surface area (Å²) in [5, 5.41) is 16.7. The molecule has 0 amide bonds. The second-order valence-electron chi connectivity index (χ2n) is 8.76. The molecule has 11 heteroatoms. The summed E-state index contributed by atoms with van der Waals surface area (Å²) in [5.41, 5.74) is 2.83. The van der Waals surface area contributed by atoms with Gasteiger partial charge in [-0.2, -0.15) is 8.42 Å². The first-order valence-corrected chi connectivity index (χ1v) is 12.9. The Balaban J connectivity index is 1.53. The molecule has 1 saturated heterocycles. The molecule has 0 aliphatic carbocycles. The highest BCUT2D eigenvalue weighted by atomic mass is 32.2. The second kappa shape index (κ2) is 9.51. The summed E-state index contributed by atoms with van der Waals surface area (Å²) in [7, 11) is -2.30. The number of hydrogen-bond acceptors (Lipinski definition) is 8. The third-order valence-electron chi connectivity index (χ3n) is 6.07. The van der Waals surface area contributed by atoms with Crippen LogP contribution in [0.15, 0.2) is 60.0 Å². The lowest BCUT2D eigenvalue weighted by Gasteiger charge is -2.24. The first kappa shape index (κ1) is 23.1. The number of aromatic nitrogens is 4. The molecule has 35 heavy (non-hydrogen) atoms. The van der Waals surface area contributed by atoms with E-state index in [9.17, 15) is 13.5 Å². The predicted octanol–water partition coefficient (Wildman–Crippen LogP) is 3.16. The van der Waals surface area contributed by atoms with Gasteiger partial charge in [0.2, 0.25) is 0 Å². The smallest absolute Gasteiger partial charge is 0.282 e. The highest BCUT2D eigenvalue weighted by molar-refractivity contribution is 7.92. The number of aromatic hydroxyl groups is 1. The highest BCUT2D eigenvalue weighted by Crippen LogP contribution is 2.32. The lowest BCUT2D eigenvalue weighted by Crippen LogP contribution is -2.28. The summed E-state index contributed by atoms with van der Waals surface area (Å²) in [4.78, 5) is 13.1. The van der Waals surface area contributed by atoms with Gasteiger partial charge in [-0.3, -0.25) is 4.72 Å². The molecule has 4 aromatic rings. The van der Waals surface area contributed by atoms with Crippen LogP contribution in [0.1, 0.15) is 18.4 Å². The minimum absolute atomic E-state index is 0.0468. The molecule has 2 aromatic heterocycles. The summed E-state index contributed by atoms with van der Waals surface area (Å²) in [6, 6.07) is 12.4. The Hall–Kier alpha value is -3.70. The molecule has 1 fully saturated rings.